The lowest BCUT2D eigenvalue weighted by Gasteiger charge is -2.10. The van der Waals surface area contributed by atoms with Crippen LogP contribution in [0.3, 0.4) is 0 Å². The van der Waals surface area contributed by atoms with E-state index < -0.39 is 9.84 Å². The molecule has 0 radical (unpaired) electrons. The normalized spacial score (nSPS) is 20.6. The van der Waals surface area contributed by atoms with Gasteiger partial charge in [-0.25, -0.2) is 13.4 Å². The lowest BCUT2D eigenvalue weighted by atomic mass is 10.2. The van der Waals surface area contributed by atoms with Crippen molar-refractivity contribution in [3.63, 3.8) is 0 Å². The van der Waals surface area contributed by atoms with Gasteiger partial charge in [-0.2, -0.15) is 0 Å². The van der Waals surface area contributed by atoms with Crippen LogP contribution in [-0.2, 0) is 9.84 Å². The van der Waals surface area contributed by atoms with Crippen LogP contribution in [0.4, 0.5) is 5.69 Å². The Morgan fingerprint density at radius 1 is 1.45 bits per heavy atom. The molecule has 1 aliphatic heterocycles. The zero-order valence-corrected chi connectivity index (χ0v) is 12.2. The number of nitrogens with zero attached hydrogens (tertiary/aromatic N) is 1. The van der Waals surface area contributed by atoms with Crippen molar-refractivity contribution < 1.29 is 13.2 Å². The number of carbonyl (C=O) groups is 1. The van der Waals surface area contributed by atoms with Gasteiger partial charge in [0.25, 0.3) is 5.91 Å². The summed E-state index contributed by atoms with van der Waals surface area (Å²) in [5.74, 6) is -0.158. The zero-order valence-electron chi connectivity index (χ0n) is 11.4. The summed E-state index contributed by atoms with van der Waals surface area (Å²) in [6.07, 6.45) is 3.10. The van der Waals surface area contributed by atoms with Gasteiger partial charge in [-0.05, 0) is 25.0 Å². The fourth-order valence-corrected chi connectivity index (χ4v) is 3.74. The summed E-state index contributed by atoms with van der Waals surface area (Å²) in [4.78, 5) is 16.0. The van der Waals surface area contributed by atoms with Gasteiger partial charge in [0, 0.05) is 12.6 Å². The standard InChI is InChI=1S/C13H19N3O3S/c1-2-6-14-10-3-4-12(15-8-10)13(17)16-11-5-7-20(18,19)9-11/h3-4,8,11,14H,2,5-7,9H2,1H3,(H,16,17). The second-order valence-corrected chi connectivity index (χ2v) is 7.16. The maximum absolute atomic E-state index is 11.9. The summed E-state index contributed by atoms with van der Waals surface area (Å²) in [7, 11) is -2.99. The molecule has 1 fully saturated rings. The van der Waals surface area contributed by atoms with Crippen LogP contribution in [0.25, 0.3) is 0 Å². The predicted octanol–water partition coefficient (Wildman–Crippen LogP) is 0.820. The minimum Gasteiger partial charge on any atom is -0.384 e. The molecule has 2 heterocycles. The molecule has 0 aliphatic carbocycles. The number of sulfone groups is 1. The molecule has 20 heavy (non-hydrogen) atoms. The van der Waals surface area contributed by atoms with Gasteiger partial charge < -0.3 is 10.6 Å². The first-order valence-corrected chi connectivity index (χ1v) is 8.53. The Bertz CT molecular complexity index is 569. The van der Waals surface area contributed by atoms with Crippen LogP contribution in [-0.4, -0.2) is 43.4 Å². The number of hydrogen-bond donors (Lipinski definition) is 2. The van der Waals surface area contributed by atoms with Gasteiger partial charge in [0.15, 0.2) is 9.84 Å². The maximum Gasteiger partial charge on any atom is 0.270 e. The van der Waals surface area contributed by atoms with Crippen LogP contribution in [0.2, 0.25) is 0 Å². The Kier molecular flexibility index (Phi) is 4.59. The maximum atomic E-state index is 11.9. The number of aromatic nitrogens is 1. The average Bonchev–Trinajstić information content (AvgIpc) is 2.76. The molecule has 7 heteroatoms. The van der Waals surface area contributed by atoms with Gasteiger partial charge >= 0.3 is 0 Å². The molecule has 0 bridgehead atoms. The lowest BCUT2D eigenvalue weighted by Crippen LogP contribution is -2.36. The van der Waals surface area contributed by atoms with E-state index in [0.29, 0.717) is 12.1 Å². The van der Waals surface area contributed by atoms with E-state index >= 15 is 0 Å². The smallest absolute Gasteiger partial charge is 0.270 e. The van der Waals surface area contributed by atoms with Gasteiger partial charge in [-0.15, -0.1) is 0 Å². The number of nitrogens with one attached hydrogen (secondary N) is 2. The summed E-state index contributed by atoms with van der Waals surface area (Å²) >= 11 is 0. The van der Waals surface area contributed by atoms with E-state index in [2.05, 4.69) is 22.5 Å². The first kappa shape index (κ1) is 14.8. The second-order valence-electron chi connectivity index (χ2n) is 4.93. The van der Waals surface area contributed by atoms with E-state index in [1.54, 1.807) is 18.3 Å². The third kappa shape index (κ3) is 3.93. The van der Waals surface area contributed by atoms with Gasteiger partial charge in [-0.1, -0.05) is 6.92 Å². The number of anilines is 1. The first-order valence-electron chi connectivity index (χ1n) is 6.71. The largest absolute Gasteiger partial charge is 0.384 e. The molecule has 0 spiro atoms. The molecule has 1 amide bonds. The molecule has 1 saturated heterocycles. The van der Waals surface area contributed by atoms with Gasteiger partial charge in [0.05, 0.1) is 23.4 Å². The summed E-state index contributed by atoms with van der Waals surface area (Å²) in [5, 5.41) is 5.88. The quantitative estimate of drug-likeness (QED) is 0.840. The van der Waals surface area contributed by atoms with Crippen molar-refractivity contribution in [3.8, 4) is 0 Å². The minimum atomic E-state index is -2.99. The number of hydrogen-bond acceptors (Lipinski definition) is 5. The van der Waals surface area contributed by atoms with E-state index in [1.807, 2.05) is 0 Å². The molecule has 1 aromatic rings. The van der Waals surface area contributed by atoms with Gasteiger partial charge in [-0.3, -0.25) is 4.79 Å². The Morgan fingerprint density at radius 3 is 2.80 bits per heavy atom. The Balaban J connectivity index is 1.92. The summed E-state index contributed by atoms with van der Waals surface area (Å²) in [5.41, 5.74) is 1.17. The van der Waals surface area contributed by atoms with Gasteiger partial charge in [0.1, 0.15) is 5.69 Å². The van der Waals surface area contributed by atoms with Gasteiger partial charge in [0.2, 0.25) is 0 Å². The third-order valence-corrected chi connectivity index (χ3v) is 4.91. The van der Waals surface area contributed by atoms with Crippen LogP contribution in [0, 0.1) is 0 Å². The average molecular weight is 297 g/mol. The highest BCUT2D eigenvalue weighted by atomic mass is 32.2. The van der Waals surface area contributed by atoms with Crippen molar-refractivity contribution >= 4 is 21.4 Å². The summed E-state index contributed by atoms with van der Waals surface area (Å²) in [6, 6.07) is 3.13. The molecular formula is C13H19N3O3S. The highest BCUT2D eigenvalue weighted by Gasteiger charge is 2.29. The Morgan fingerprint density at radius 2 is 2.25 bits per heavy atom. The fourth-order valence-electron chi connectivity index (χ4n) is 2.07. The van der Waals surface area contributed by atoms with Crippen molar-refractivity contribution in [2.24, 2.45) is 0 Å². The molecule has 1 unspecified atom stereocenters. The molecule has 1 aromatic heterocycles. The van der Waals surface area contributed by atoms with Crippen LogP contribution in [0.1, 0.15) is 30.3 Å². The fraction of sp³-hybridized carbons (Fsp3) is 0.538. The van der Waals surface area contributed by atoms with E-state index in [9.17, 15) is 13.2 Å². The predicted molar refractivity (Wildman–Crippen MR) is 77.5 cm³/mol. The van der Waals surface area contributed by atoms with Crippen molar-refractivity contribution in [3.05, 3.63) is 24.0 Å². The molecule has 2 N–H and O–H groups in total. The van der Waals surface area contributed by atoms with Crippen molar-refractivity contribution in [1.82, 2.24) is 10.3 Å². The van der Waals surface area contributed by atoms with Crippen molar-refractivity contribution in [2.75, 3.05) is 23.4 Å². The number of carbonyl (C=O) groups excluding carboxylic acids is 1. The molecule has 1 aliphatic rings. The molecule has 1 atom stereocenters. The lowest BCUT2D eigenvalue weighted by molar-refractivity contribution is 0.0936. The van der Waals surface area contributed by atoms with E-state index in [0.717, 1.165) is 18.7 Å². The highest BCUT2D eigenvalue weighted by molar-refractivity contribution is 7.91. The van der Waals surface area contributed by atoms with Crippen molar-refractivity contribution in [2.45, 2.75) is 25.8 Å². The minimum absolute atomic E-state index is 0.0227. The van der Waals surface area contributed by atoms with Crippen LogP contribution >= 0.6 is 0 Å². The molecule has 0 saturated carbocycles. The molecule has 6 nitrogen and oxygen atoms in total. The second kappa shape index (κ2) is 6.21. The van der Waals surface area contributed by atoms with E-state index in [4.69, 9.17) is 0 Å². The van der Waals surface area contributed by atoms with Crippen LogP contribution < -0.4 is 10.6 Å². The van der Waals surface area contributed by atoms with Crippen LogP contribution in [0.5, 0.6) is 0 Å². The SMILES string of the molecule is CCCNc1ccc(C(=O)NC2CCS(=O)(=O)C2)nc1. The number of amides is 1. The molecule has 110 valence electrons. The summed E-state index contributed by atoms with van der Waals surface area (Å²) < 4.78 is 22.7. The van der Waals surface area contributed by atoms with E-state index in [-0.39, 0.29) is 23.5 Å². The Hall–Kier alpha value is -1.63. The number of pyridine rings is 1. The zero-order chi connectivity index (χ0) is 14.6. The molecule has 2 rings (SSSR count). The monoisotopic (exact) mass is 297 g/mol. The van der Waals surface area contributed by atoms with Crippen LogP contribution in [0.15, 0.2) is 18.3 Å². The highest BCUT2D eigenvalue weighted by Crippen LogP contribution is 2.12. The van der Waals surface area contributed by atoms with Crippen molar-refractivity contribution in [1.29, 1.82) is 0 Å². The topological polar surface area (TPSA) is 88.2 Å². The molecule has 0 aromatic carbocycles. The third-order valence-electron chi connectivity index (χ3n) is 3.14. The van der Waals surface area contributed by atoms with E-state index in [1.165, 1.54) is 0 Å². The Labute approximate surface area is 118 Å². The number of rotatable bonds is 5. The molecular weight excluding hydrogens is 278 g/mol. The first-order chi connectivity index (χ1) is 9.50. The summed E-state index contributed by atoms with van der Waals surface area (Å²) in [6.45, 7) is 2.92.